The molecule has 2 aliphatic rings. The molecule has 6 nitrogen and oxygen atoms in total. The molecule has 0 amide bonds. The second kappa shape index (κ2) is 8.15. The molecule has 0 fully saturated rings. The molecule has 3 heterocycles. The molecule has 0 saturated carbocycles. The zero-order chi connectivity index (χ0) is 22.3. The van der Waals surface area contributed by atoms with Crippen molar-refractivity contribution in [2.45, 2.75) is 46.3 Å². The molecule has 0 spiro atoms. The quantitative estimate of drug-likeness (QED) is 0.354. The maximum atomic E-state index is 13.3. The number of ether oxygens (including phenoxy) is 1. The Hall–Kier alpha value is -3.19. The van der Waals surface area contributed by atoms with Crippen LogP contribution in [0, 0.1) is 0 Å². The molecule has 2 aromatic heterocycles. The predicted molar refractivity (Wildman–Crippen MR) is 115 cm³/mol. The number of carbonyl (C=O) groups excluding carboxylic acids is 2. The largest absolute Gasteiger partial charge is 0.380 e. The van der Waals surface area contributed by atoms with Crippen molar-refractivity contribution in [1.82, 2.24) is 9.55 Å². The number of hydrogen-bond donors (Lipinski definition) is 0. The fourth-order valence-electron chi connectivity index (χ4n) is 4.70. The molecule has 0 unspecified atom stereocenters. The highest BCUT2D eigenvalue weighted by Crippen LogP contribution is 2.42. The third-order valence-corrected chi connectivity index (χ3v) is 6.04. The summed E-state index contributed by atoms with van der Waals surface area (Å²) in [5.41, 5.74) is 6.58. The number of pyridine rings is 2. The van der Waals surface area contributed by atoms with E-state index in [-0.39, 0.29) is 29.6 Å². The maximum Gasteiger partial charge on any atom is 0.257 e. The molecule has 1 aliphatic carbocycles. The van der Waals surface area contributed by atoms with E-state index in [0.29, 0.717) is 30.0 Å². The molecule has 4 rings (SSSR count). The van der Waals surface area contributed by atoms with Crippen LogP contribution in [0.5, 0.6) is 0 Å². The molecule has 0 aromatic carbocycles. The number of fused-ring (bicyclic) bond motifs is 5. The highest BCUT2D eigenvalue weighted by Gasteiger charge is 2.32. The first-order valence-corrected chi connectivity index (χ1v) is 10.2. The van der Waals surface area contributed by atoms with Gasteiger partial charge in [-0.15, -0.1) is 0 Å². The number of rotatable bonds is 5. The Morgan fingerprint density at radius 3 is 2.71 bits per heavy atom. The third kappa shape index (κ3) is 3.29. The summed E-state index contributed by atoms with van der Waals surface area (Å²) in [5.74, 6) is -0.783. The number of allylic oxidation sites excluding steroid dienone is 2. The van der Waals surface area contributed by atoms with Crippen LogP contribution in [-0.2, 0) is 29.1 Å². The molecule has 1 aliphatic heterocycles. The van der Waals surface area contributed by atoms with E-state index in [4.69, 9.17) is 9.72 Å². The van der Waals surface area contributed by atoms with Gasteiger partial charge in [-0.05, 0) is 56.4 Å². The van der Waals surface area contributed by atoms with Crippen molar-refractivity contribution in [3.63, 3.8) is 0 Å². The summed E-state index contributed by atoms with van der Waals surface area (Å²) in [6.45, 7) is 4.32. The van der Waals surface area contributed by atoms with Crippen molar-refractivity contribution in [3.8, 4) is 11.4 Å². The van der Waals surface area contributed by atoms with Gasteiger partial charge in [0.25, 0.3) is 5.56 Å². The summed E-state index contributed by atoms with van der Waals surface area (Å²) < 4.78 is 19.9. The monoisotopic (exact) mass is 422 g/mol. The summed E-state index contributed by atoms with van der Waals surface area (Å²) in [5, 5.41) is 0. The minimum absolute atomic E-state index is 0.0213. The second-order valence-corrected chi connectivity index (χ2v) is 8.03. The summed E-state index contributed by atoms with van der Waals surface area (Å²) in [6, 6.07) is 1.53. The Bertz CT molecular complexity index is 1230. The van der Waals surface area contributed by atoms with Gasteiger partial charge in [-0.2, -0.15) is 0 Å². The summed E-state index contributed by atoms with van der Waals surface area (Å²) in [4.78, 5) is 41.4. The van der Waals surface area contributed by atoms with Gasteiger partial charge in [0.1, 0.15) is 0 Å². The van der Waals surface area contributed by atoms with Gasteiger partial charge in [-0.25, -0.2) is 9.37 Å². The van der Waals surface area contributed by atoms with Gasteiger partial charge in [0, 0.05) is 23.8 Å². The number of nitrogens with zero attached hydrogens (tertiary/aromatic N) is 2. The van der Waals surface area contributed by atoms with Gasteiger partial charge in [0.15, 0.2) is 6.29 Å². The number of hydrogen-bond acceptors (Lipinski definition) is 5. The van der Waals surface area contributed by atoms with Gasteiger partial charge in [-0.3, -0.25) is 14.4 Å². The summed E-state index contributed by atoms with van der Waals surface area (Å²) in [6.07, 6.45) is 4.66. The second-order valence-electron chi connectivity index (χ2n) is 8.03. The third-order valence-electron chi connectivity index (χ3n) is 6.04. The molecule has 0 bridgehead atoms. The normalized spacial score (nSPS) is 14.4. The van der Waals surface area contributed by atoms with Crippen LogP contribution >= 0.6 is 0 Å². The van der Waals surface area contributed by atoms with Crippen LogP contribution in [0.2, 0.25) is 0 Å². The molecule has 160 valence electrons. The number of carbonyl (C=O) groups is 2. The van der Waals surface area contributed by atoms with E-state index in [1.165, 1.54) is 19.3 Å². The lowest BCUT2D eigenvalue weighted by Crippen LogP contribution is -2.27. The van der Waals surface area contributed by atoms with Gasteiger partial charge in [0.05, 0.1) is 42.1 Å². The number of aldehydes is 1. The van der Waals surface area contributed by atoms with Crippen LogP contribution in [0.25, 0.3) is 23.0 Å². The van der Waals surface area contributed by atoms with Crippen LogP contribution in [0.1, 0.15) is 65.0 Å². The number of methoxy groups -OCH3 is 1. The number of halogens is 1. The zero-order valence-corrected chi connectivity index (χ0v) is 17.8. The lowest BCUT2D eigenvalue weighted by molar-refractivity contribution is -0.104. The molecule has 0 N–H and O–H groups in total. The molecule has 7 heteroatoms. The van der Waals surface area contributed by atoms with Crippen molar-refractivity contribution in [1.29, 1.82) is 0 Å². The predicted octanol–water partition coefficient (Wildman–Crippen LogP) is 3.87. The molecule has 31 heavy (non-hydrogen) atoms. The topological polar surface area (TPSA) is 78.3 Å². The summed E-state index contributed by atoms with van der Waals surface area (Å²) in [7, 11) is 1.43. The fraction of sp³-hybridized carbons (Fsp3) is 0.333. The van der Waals surface area contributed by atoms with Crippen molar-refractivity contribution in [2.24, 2.45) is 0 Å². The lowest BCUT2D eigenvalue weighted by Gasteiger charge is -2.24. The van der Waals surface area contributed by atoms with Crippen LogP contribution in [0.4, 0.5) is 4.39 Å². The van der Waals surface area contributed by atoms with E-state index >= 15 is 0 Å². The van der Waals surface area contributed by atoms with Crippen molar-refractivity contribution >= 4 is 23.7 Å². The standard InChI is InChI=1S/C24H23FN2O4/c1-13(2)14-5-4-6-15-17-10-27-20(23(17)26-19(7-8-25)22(14)15)9-16(21(29)11-28)18(12-31-3)24(27)30/h7-9,11H,4-6,10,12H2,1-3H3/b8-7+. The Balaban J connectivity index is 2.05. The fourth-order valence-corrected chi connectivity index (χ4v) is 4.70. The van der Waals surface area contributed by atoms with E-state index in [0.717, 1.165) is 47.1 Å². The Morgan fingerprint density at radius 1 is 1.29 bits per heavy atom. The van der Waals surface area contributed by atoms with Crippen LogP contribution < -0.4 is 5.56 Å². The summed E-state index contributed by atoms with van der Waals surface area (Å²) >= 11 is 0. The minimum atomic E-state index is -0.783. The van der Waals surface area contributed by atoms with Gasteiger partial charge < -0.3 is 9.30 Å². The van der Waals surface area contributed by atoms with Gasteiger partial charge >= 0.3 is 0 Å². The van der Waals surface area contributed by atoms with Crippen molar-refractivity contribution in [3.05, 3.63) is 61.8 Å². The first kappa shape index (κ1) is 21.1. The van der Waals surface area contributed by atoms with Gasteiger partial charge in [-0.1, -0.05) is 5.57 Å². The smallest absolute Gasteiger partial charge is 0.257 e. The maximum absolute atomic E-state index is 13.3. The molecule has 0 saturated heterocycles. The molecule has 0 atom stereocenters. The number of aromatic nitrogens is 2. The lowest BCUT2D eigenvalue weighted by atomic mass is 9.81. The molecule has 0 radical (unpaired) electrons. The Labute approximate surface area is 179 Å². The van der Waals surface area contributed by atoms with Crippen molar-refractivity contribution < 1.29 is 18.7 Å². The van der Waals surface area contributed by atoms with E-state index in [1.807, 2.05) is 13.8 Å². The van der Waals surface area contributed by atoms with Crippen molar-refractivity contribution in [2.75, 3.05) is 7.11 Å². The Kier molecular flexibility index (Phi) is 5.54. The average molecular weight is 422 g/mol. The minimum Gasteiger partial charge on any atom is -0.380 e. The molecular formula is C24H23FN2O4. The first-order valence-electron chi connectivity index (χ1n) is 10.2. The SMILES string of the molecule is COCc1c(C(=O)C=O)cc2n(c1=O)Cc1c-2nc(/C=C/F)c2c1CCCC2=C(C)C. The van der Waals surface area contributed by atoms with Crippen LogP contribution in [-0.4, -0.2) is 28.7 Å². The number of ketones is 1. The van der Waals surface area contributed by atoms with Crippen LogP contribution in [0.15, 0.2) is 22.8 Å². The van der Waals surface area contributed by atoms with E-state index < -0.39 is 5.78 Å². The molecular weight excluding hydrogens is 399 g/mol. The highest BCUT2D eigenvalue weighted by atomic mass is 19.1. The van der Waals surface area contributed by atoms with Crippen LogP contribution in [0.3, 0.4) is 0 Å². The van der Waals surface area contributed by atoms with E-state index in [1.54, 1.807) is 4.57 Å². The van der Waals surface area contributed by atoms with Gasteiger partial charge in [0.2, 0.25) is 5.78 Å². The number of Topliss-reactive ketones (excluding diaryl/α,β-unsaturated/α-hetero) is 1. The Morgan fingerprint density at radius 2 is 2.06 bits per heavy atom. The first-order chi connectivity index (χ1) is 14.9. The average Bonchev–Trinajstić information content (AvgIpc) is 3.14. The van der Waals surface area contributed by atoms with E-state index in [2.05, 4.69) is 0 Å². The highest BCUT2D eigenvalue weighted by molar-refractivity contribution is 6.33. The van der Waals surface area contributed by atoms with E-state index in [9.17, 15) is 18.8 Å². The zero-order valence-electron chi connectivity index (χ0n) is 17.8. The molecule has 2 aromatic rings.